The third kappa shape index (κ3) is 2.35. The molecule has 59 valence electrons. The van der Waals surface area contributed by atoms with Crippen molar-refractivity contribution in [2.75, 3.05) is 0 Å². The van der Waals surface area contributed by atoms with E-state index in [1.807, 2.05) is 0 Å². The normalized spacial score (nSPS) is 10.1. The van der Waals surface area contributed by atoms with Crippen LogP contribution >= 0.6 is 0 Å². The lowest BCUT2D eigenvalue weighted by Crippen LogP contribution is -1.95. The zero-order valence-electron chi connectivity index (χ0n) is 7.09. The lowest BCUT2D eigenvalue weighted by Gasteiger charge is -2.01. The first kappa shape index (κ1) is 8.28. The molecule has 0 bridgehead atoms. The van der Waals surface area contributed by atoms with Crippen LogP contribution in [0.15, 0.2) is 18.2 Å². The second-order valence-corrected chi connectivity index (χ2v) is 2.94. The van der Waals surface area contributed by atoms with Gasteiger partial charge >= 0.3 is 0 Å². The quantitative estimate of drug-likeness (QED) is 0.681. The molecule has 11 heavy (non-hydrogen) atoms. The van der Waals surface area contributed by atoms with Crippen molar-refractivity contribution in [2.24, 2.45) is 5.73 Å². The minimum atomic E-state index is 0.864. The zero-order valence-corrected chi connectivity index (χ0v) is 7.09. The van der Waals surface area contributed by atoms with E-state index in [9.17, 15) is 0 Å². The molecular weight excluding hydrogens is 134 g/mol. The van der Waals surface area contributed by atoms with Gasteiger partial charge in [0, 0.05) is 6.54 Å². The summed E-state index contributed by atoms with van der Waals surface area (Å²) < 4.78 is 0. The van der Waals surface area contributed by atoms with E-state index in [0.29, 0.717) is 0 Å². The first-order valence-corrected chi connectivity index (χ1v) is 3.83. The molecule has 2 N–H and O–H groups in total. The van der Waals surface area contributed by atoms with Gasteiger partial charge in [-0.1, -0.05) is 29.3 Å². The van der Waals surface area contributed by atoms with E-state index in [2.05, 4.69) is 32.0 Å². The molecule has 1 aromatic rings. The van der Waals surface area contributed by atoms with E-state index in [1.54, 1.807) is 6.54 Å². The minimum absolute atomic E-state index is 0.864. The summed E-state index contributed by atoms with van der Waals surface area (Å²) in [4.78, 5) is 0. The Bertz CT molecular complexity index is 220. The summed E-state index contributed by atoms with van der Waals surface area (Å²) in [6, 6.07) is 6.49. The van der Waals surface area contributed by atoms with Gasteiger partial charge in [-0.15, -0.1) is 0 Å². The molecule has 0 aromatic heterocycles. The maximum absolute atomic E-state index is 5.34. The van der Waals surface area contributed by atoms with Gasteiger partial charge in [0.1, 0.15) is 0 Å². The van der Waals surface area contributed by atoms with E-state index in [4.69, 9.17) is 5.73 Å². The first-order chi connectivity index (χ1) is 5.22. The molecule has 0 saturated heterocycles. The Morgan fingerprint density at radius 1 is 1.18 bits per heavy atom. The van der Waals surface area contributed by atoms with Crippen LogP contribution in [0, 0.1) is 20.4 Å². The molecule has 1 aromatic carbocycles. The lowest BCUT2D eigenvalue weighted by molar-refractivity contribution is 1.09. The van der Waals surface area contributed by atoms with E-state index in [-0.39, 0.29) is 0 Å². The SMILES string of the molecule is Cc1cc(C)cc(C[CH]N)c1. The highest BCUT2D eigenvalue weighted by atomic mass is 14.5. The van der Waals surface area contributed by atoms with Crippen LogP contribution in [0.4, 0.5) is 0 Å². The molecule has 0 fully saturated rings. The summed E-state index contributed by atoms with van der Waals surface area (Å²) >= 11 is 0. The van der Waals surface area contributed by atoms with Crippen molar-refractivity contribution in [1.29, 1.82) is 0 Å². The van der Waals surface area contributed by atoms with E-state index >= 15 is 0 Å². The van der Waals surface area contributed by atoms with Crippen LogP contribution < -0.4 is 5.73 Å². The van der Waals surface area contributed by atoms with Crippen LogP contribution in [-0.4, -0.2) is 0 Å². The zero-order chi connectivity index (χ0) is 8.27. The average molecular weight is 148 g/mol. The highest BCUT2D eigenvalue weighted by Crippen LogP contribution is 2.09. The fraction of sp³-hybridized carbons (Fsp3) is 0.300. The molecule has 0 aliphatic carbocycles. The predicted molar refractivity (Wildman–Crippen MR) is 48.1 cm³/mol. The van der Waals surface area contributed by atoms with Crippen molar-refractivity contribution in [3.8, 4) is 0 Å². The van der Waals surface area contributed by atoms with Crippen molar-refractivity contribution in [3.63, 3.8) is 0 Å². The number of hydrogen-bond acceptors (Lipinski definition) is 1. The van der Waals surface area contributed by atoms with Gasteiger partial charge in [-0.3, -0.25) is 0 Å². The van der Waals surface area contributed by atoms with Crippen molar-refractivity contribution in [2.45, 2.75) is 20.3 Å². The molecule has 1 radical (unpaired) electrons. The Morgan fingerprint density at radius 2 is 1.73 bits per heavy atom. The molecule has 0 spiro atoms. The van der Waals surface area contributed by atoms with Crippen LogP contribution in [0.1, 0.15) is 16.7 Å². The number of aryl methyl sites for hydroxylation is 2. The van der Waals surface area contributed by atoms with Crippen molar-refractivity contribution in [1.82, 2.24) is 0 Å². The summed E-state index contributed by atoms with van der Waals surface area (Å²) in [7, 11) is 0. The summed E-state index contributed by atoms with van der Waals surface area (Å²) in [6.45, 7) is 5.90. The number of hydrogen-bond donors (Lipinski definition) is 1. The monoisotopic (exact) mass is 148 g/mol. The van der Waals surface area contributed by atoms with Crippen LogP contribution in [0.5, 0.6) is 0 Å². The Hall–Kier alpha value is -0.820. The lowest BCUT2D eigenvalue weighted by atomic mass is 10.1. The largest absolute Gasteiger partial charge is 0.326 e. The predicted octanol–water partition coefficient (Wildman–Crippen LogP) is 1.97. The summed E-state index contributed by atoms with van der Waals surface area (Å²) in [6.07, 6.45) is 0.864. The van der Waals surface area contributed by atoms with Gasteiger partial charge in [0.05, 0.1) is 0 Å². The van der Waals surface area contributed by atoms with E-state index in [1.165, 1.54) is 16.7 Å². The van der Waals surface area contributed by atoms with Gasteiger partial charge in [-0.25, -0.2) is 0 Å². The number of rotatable bonds is 2. The van der Waals surface area contributed by atoms with E-state index in [0.717, 1.165) is 6.42 Å². The summed E-state index contributed by atoms with van der Waals surface area (Å²) in [5, 5.41) is 0. The molecule has 0 saturated carbocycles. The summed E-state index contributed by atoms with van der Waals surface area (Å²) in [5.41, 5.74) is 9.25. The van der Waals surface area contributed by atoms with Gasteiger partial charge < -0.3 is 5.73 Å². The van der Waals surface area contributed by atoms with Crippen molar-refractivity contribution < 1.29 is 0 Å². The van der Waals surface area contributed by atoms with E-state index < -0.39 is 0 Å². The third-order valence-corrected chi connectivity index (χ3v) is 1.64. The van der Waals surface area contributed by atoms with Crippen molar-refractivity contribution in [3.05, 3.63) is 41.4 Å². The highest BCUT2D eigenvalue weighted by Gasteiger charge is 1.93. The highest BCUT2D eigenvalue weighted by molar-refractivity contribution is 5.29. The Morgan fingerprint density at radius 3 is 2.18 bits per heavy atom. The fourth-order valence-electron chi connectivity index (χ4n) is 1.32. The van der Waals surface area contributed by atoms with Crippen LogP contribution in [0.3, 0.4) is 0 Å². The smallest absolute Gasteiger partial charge is 0.0236 e. The van der Waals surface area contributed by atoms with Gasteiger partial charge in [0.25, 0.3) is 0 Å². The standard InChI is InChI=1S/C10H14N/c1-8-5-9(2)7-10(6-8)3-4-11/h4-7H,3,11H2,1-2H3. The first-order valence-electron chi connectivity index (χ1n) is 3.83. The van der Waals surface area contributed by atoms with Crippen LogP contribution in [0.25, 0.3) is 0 Å². The number of nitrogens with two attached hydrogens (primary N) is 1. The molecule has 1 heteroatoms. The molecule has 0 aliphatic rings. The van der Waals surface area contributed by atoms with Crippen LogP contribution in [-0.2, 0) is 6.42 Å². The van der Waals surface area contributed by atoms with Gasteiger partial charge in [-0.2, -0.15) is 0 Å². The van der Waals surface area contributed by atoms with Crippen molar-refractivity contribution >= 4 is 0 Å². The molecule has 1 rings (SSSR count). The van der Waals surface area contributed by atoms with Crippen LogP contribution in [0.2, 0.25) is 0 Å². The Kier molecular flexibility index (Phi) is 2.66. The fourth-order valence-corrected chi connectivity index (χ4v) is 1.32. The molecule has 0 atom stereocenters. The second kappa shape index (κ2) is 3.54. The summed E-state index contributed by atoms with van der Waals surface area (Å²) in [5.74, 6) is 0. The third-order valence-electron chi connectivity index (χ3n) is 1.64. The number of benzene rings is 1. The maximum Gasteiger partial charge on any atom is 0.0236 e. The average Bonchev–Trinajstić information content (AvgIpc) is 1.85. The molecule has 0 aliphatic heterocycles. The van der Waals surface area contributed by atoms with Gasteiger partial charge in [0.2, 0.25) is 0 Å². The molecule has 0 unspecified atom stereocenters. The van der Waals surface area contributed by atoms with Gasteiger partial charge in [-0.05, 0) is 25.8 Å². The molecule has 0 heterocycles. The molecule has 1 nitrogen and oxygen atoms in total. The topological polar surface area (TPSA) is 26.0 Å². The Labute approximate surface area is 68.2 Å². The minimum Gasteiger partial charge on any atom is -0.326 e. The Balaban J connectivity index is 2.89. The molecule has 0 amide bonds. The molecular formula is C10H14N. The van der Waals surface area contributed by atoms with Gasteiger partial charge in [0.15, 0.2) is 0 Å². The second-order valence-electron chi connectivity index (χ2n) is 2.94. The maximum atomic E-state index is 5.34.